The molecule has 0 saturated carbocycles. The van der Waals surface area contributed by atoms with E-state index in [1.165, 1.54) is 295 Å². The fourth-order valence-electron chi connectivity index (χ4n) is 11.7. The van der Waals surface area contributed by atoms with Gasteiger partial charge in [0.25, 0.3) is 7.82 Å². The number of quaternary nitrogens is 1. The highest BCUT2D eigenvalue weighted by atomic mass is 31.2. The summed E-state index contributed by atoms with van der Waals surface area (Å²) < 4.78 is 30.6. The van der Waals surface area contributed by atoms with Gasteiger partial charge in [-0.25, -0.2) is 0 Å². The van der Waals surface area contributed by atoms with Gasteiger partial charge < -0.3 is 28.5 Å². The molecule has 3 unspecified atom stereocenters. The topological polar surface area (TPSA) is 114 Å². The molecule has 0 aromatic carbocycles. The van der Waals surface area contributed by atoms with Crippen LogP contribution in [-0.4, -0.2) is 69.4 Å². The van der Waals surface area contributed by atoms with E-state index < -0.39 is 20.0 Å². The minimum Gasteiger partial charge on any atom is -0.756 e. The zero-order chi connectivity index (χ0) is 64.9. The number of phosphoric ester groups is 1. The Hall–Kier alpha value is -2.03. The number of carbonyl (C=O) groups is 2. The smallest absolute Gasteiger partial charge is 0.306 e. The van der Waals surface area contributed by atoms with Gasteiger partial charge in [0, 0.05) is 12.8 Å². The van der Waals surface area contributed by atoms with Gasteiger partial charge in [-0.3, -0.25) is 14.2 Å². The number of ether oxygens (including phenoxy) is 1. The molecule has 0 spiro atoms. The van der Waals surface area contributed by atoms with E-state index >= 15 is 0 Å². The first kappa shape index (κ1) is 87.0. The molecule has 0 aliphatic heterocycles. The number of nitrogens with zero attached hydrogens (tertiary/aromatic N) is 1. The predicted molar refractivity (Wildman–Crippen MR) is 386 cm³/mol. The summed E-state index contributed by atoms with van der Waals surface area (Å²) in [5.74, 6) is -0.520. The van der Waals surface area contributed by atoms with E-state index in [4.69, 9.17) is 13.8 Å². The van der Waals surface area contributed by atoms with E-state index in [1.807, 2.05) is 33.3 Å². The number of amides is 1. The van der Waals surface area contributed by atoms with Gasteiger partial charge in [-0.1, -0.05) is 339 Å². The van der Waals surface area contributed by atoms with Crippen LogP contribution in [0, 0.1) is 0 Å². The van der Waals surface area contributed by atoms with E-state index in [0.717, 1.165) is 64.2 Å². The Morgan fingerprint density at radius 2 is 0.685 bits per heavy atom. The van der Waals surface area contributed by atoms with Crippen LogP contribution >= 0.6 is 7.82 Å². The third-order valence-electron chi connectivity index (χ3n) is 17.7. The quantitative estimate of drug-likeness (QED) is 0.0212. The first-order chi connectivity index (χ1) is 43.4. The summed E-state index contributed by atoms with van der Waals surface area (Å²) in [6.07, 6.45) is 88.2. The first-order valence-corrected chi connectivity index (χ1v) is 40.4. The van der Waals surface area contributed by atoms with Gasteiger partial charge in [-0.2, -0.15) is 0 Å². The zero-order valence-electron chi connectivity index (χ0n) is 60.2. The van der Waals surface area contributed by atoms with E-state index in [9.17, 15) is 19.0 Å². The van der Waals surface area contributed by atoms with Gasteiger partial charge in [0.1, 0.15) is 19.3 Å². The molecule has 1 N–H and O–H groups in total. The largest absolute Gasteiger partial charge is 0.756 e. The summed E-state index contributed by atoms with van der Waals surface area (Å²) in [6, 6.07) is -0.888. The van der Waals surface area contributed by atoms with E-state index in [0.29, 0.717) is 17.4 Å². The highest BCUT2D eigenvalue weighted by molar-refractivity contribution is 7.45. The van der Waals surface area contributed by atoms with E-state index in [2.05, 4.69) is 62.5 Å². The maximum absolute atomic E-state index is 13.6. The molecule has 0 aromatic heterocycles. The van der Waals surface area contributed by atoms with Crippen molar-refractivity contribution in [1.29, 1.82) is 0 Å². The first-order valence-electron chi connectivity index (χ1n) is 38.9. The van der Waals surface area contributed by atoms with Crippen molar-refractivity contribution in [3.05, 3.63) is 48.6 Å². The highest BCUT2D eigenvalue weighted by Gasteiger charge is 2.27. The maximum atomic E-state index is 13.6. The lowest BCUT2D eigenvalue weighted by Gasteiger charge is -2.30. The molecule has 0 aliphatic carbocycles. The van der Waals surface area contributed by atoms with Crippen molar-refractivity contribution in [2.45, 2.75) is 405 Å². The van der Waals surface area contributed by atoms with Crippen molar-refractivity contribution in [2.24, 2.45) is 0 Å². The summed E-state index contributed by atoms with van der Waals surface area (Å²) >= 11 is 0. The minimum absolute atomic E-state index is 0.0202. The van der Waals surface area contributed by atoms with Crippen LogP contribution in [0.1, 0.15) is 393 Å². The fourth-order valence-corrected chi connectivity index (χ4v) is 12.5. The van der Waals surface area contributed by atoms with Gasteiger partial charge in [-0.15, -0.1) is 0 Å². The Balaban J connectivity index is 4.96. The molecule has 3 atom stereocenters. The van der Waals surface area contributed by atoms with Crippen LogP contribution in [0.2, 0.25) is 0 Å². The lowest BCUT2D eigenvalue weighted by molar-refractivity contribution is -0.870. The van der Waals surface area contributed by atoms with Crippen molar-refractivity contribution in [2.75, 3.05) is 40.9 Å². The van der Waals surface area contributed by atoms with E-state index in [1.54, 1.807) is 0 Å². The average Bonchev–Trinajstić information content (AvgIpc) is 3.64. The lowest BCUT2D eigenvalue weighted by atomic mass is 10.0. The second-order valence-corrected chi connectivity index (χ2v) is 29.3. The summed E-state index contributed by atoms with van der Waals surface area (Å²) in [5.41, 5.74) is 0. The molecule has 1 amide bonds. The van der Waals surface area contributed by atoms with Crippen LogP contribution in [0.5, 0.6) is 0 Å². The van der Waals surface area contributed by atoms with Crippen LogP contribution in [-0.2, 0) is 27.9 Å². The lowest BCUT2D eigenvalue weighted by Crippen LogP contribution is -2.47. The van der Waals surface area contributed by atoms with E-state index in [-0.39, 0.29) is 31.5 Å². The van der Waals surface area contributed by atoms with Crippen LogP contribution in [0.15, 0.2) is 48.6 Å². The Kier molecular flexibility index (Phi) is 67.2. The third-order valence-corrected chi connectivity index (χ3v) is 18.7. The SMILES string of the molecule is CCCCC/C=C\C/C=C\CCCCCCCCCCCCCCCC(=O)NC(COP(=O)([O-])OCC[N+](C)(C)C)C(/C=C/CCCCCCCCCCCCC)OC(=O)CCCCCCCCCCCCCCCCCCC/C=C/CCCCCCCC. The van der Waals surface area contributed by atoms with Gasteiger partial charge >= 0.3 is 5.97 Å². The van der Waals surface area contributed by atoms with Crippen LogP contribution in [0.25, 0.3) is 0 Å². The monoisotopic (exact) mass is 1270 g/mol. The van der Waals surface area contributed by atoms with Crippen molar-refractivity contribution < 1.29 is 37.3 Å². The van der Waals surface area contributed by atoms with Crippen LogP contribution < -0.4 is 10.2 Å². The van der Waals surface area contributed by atoms with Crippen molar-refractivity contribution in [1.82, 2.24) is 5.32 Å². The molecule has 0 heterocycles. The molecule has 0 aliphatic rings. The fraction of sp³-hybridized carbons (Fsp3) is 0.873. The molecule has 0 fully saturated rings. The highest BCUT2D eigenvalue weighted by Crippen LogP contribution is 2.38. The molecular formula is C79H151N2O7P. The molecular weight excluding hydrogens is 1120 g/mol. The molecule has 10 heteroatoms. The second kappa shape index (κ2) is 68.8. The van der Waals surface area contributed by atoms with Gasteiger partial charge in [0.2, 0.25) is 5.91 Å². The van der Waals surface area contributed by atoms with Crippen LogP contribution in [0.3, 0.4) is 0 Å². The number of likely N-dealkylation sites (N-methyl/N-ethyl adjacent to an activating group) is 1. The Morgan fingerprint density at radius 3 is 1.04 bits per heavy atom. The normalized spacial score (nSPS) is 13.7. The Labute approximate surface area is 554 Å². The van der Waals surface area contributed by atoms with Gasteiger partial charge in [0.15, 0.2) is 0 Å². The molecule has 9 nitrogen and oxygen atoms in total. The molecule has 0 bridgehead atoms. The number of nitrogens with one attached hydrogen (secondary N) is 1. The number of phosphoric acid groups is 1. The van der Waals surface area contributed by atoms with Crippen molar-refractivity contribution in [3.8, 4) is 0 Å². The summed E-state index contributed by atoms with van der Waals surface area (Å²) in [7, 11) is 1.20. The Morgan fingerprint density at radius 1 is 0.393 bits per heavy atom. The molecule has 89 heavy (non-hydrogen) atoms. The Bertz CT molecular complexity index is 1660. The van der Waals surface area contributed by atoms with Crippen LogP contribution in [0.4, 0.5) is 0 Å². The number of carbonyl (C=O) groups excluding carboxylic acids is 2. The standard InChI is InChI=1S/C79H151N2O7P/c1-7-10-13-16-19-22-25-28-30-32-34-36-38-39-40-41-43-45-47-49-51-54-57-60-63-66-69-72-79(83)88-77(70-67-64-61-58-55-52-27-24-21-18-15-12-9-3)76(75-87-89(84,85)86-74-73-81(4,5)6)80-78(82)71-68-65-62-59-56-53-50-48-46-44-42-37-35-33-31-29-26-23-20-17-14-11-8-2/h20,23,28-31,67,70,76-77H,7-19,21-22,24-27,32-66,68-69,71-75H2,1-6H3,(H-,80,82,84,85)/b23-20-,30-28+,31-29-,70-67+. The molecule has 0 aromatic rings. The summed E-state index contributed by atoms with van der Waals surface area (Å²) in [4.78, 5) is 40.3. The van der Waals surface area contributed by atoms with Gasteiger partial charge in [0.05, 0.1) is 33.8 Å². The van der Waals surface area contributed by atoms with Crippen molar-refractivity contribution >= 4 is 19.7 Å². The van der Waals surface area contributed by atoms with Gasteiger partial charge in [-0.05, 0) is 89.5 Å². The molecule has 0 saturated heterocycles. The molecule has 524 valence electrons. The number of unbranched alkanes of at least 4 members (excludes halogenated alkanes) is 50. The number of allylic oxidation sites excluding steroid dienone is 7. The third kappa shape index (κ3) is 70.1. The number of esters is 1. The molecule has 0 rings (SSSR count). The molecule has 0 radical (unpaired) electrons. The maximum Gasteiger partial charge on any atom is 0.306 e. The summed E-state index contributed by atoms with van der Waals surface area (Å²) in [6.45, 7) is 6.88. The van der Waals surface area contributed by atoms with Crippen molar-refractivity contribution in [3.63, 3.8) is 0 Å². The second-order valence-electron chi connectivity index (χ2n) is 27.9. The number of rotatable bonds is 72. The minimum atomic E-state index is -4.71. The predicted octanol–water partition coefficient (Wildman–Crippen LogP) is 24.5. The average molecular weight is 1270 g/mol. The zero-order valence-corrected chi connectivity index (χ0v) is 61.1. The number of hydrogen-bond acceptors (Lipinski definition) is 7. The summed E-state index contributed by atoms with van der Waals surface area (Å²) in [5, 5.41) is 3.06. The number of hydrogen-bond donors (Lipinski definition) is 1.